The van der Waals surface area contributed by atoms with Crippen LogP contribution in [0, 0.1) is 0 Å². The van der Waals surface area contributed by atoms with Gasteiger partial charge in [0.1, 0.15) is 12.9 Å². The van der Waals surface area contributed by atoms with Crippen molar-refractivity contribution in [2.45, 2.75) is 70.9 Å². The van der Waals surface area contributed by atoms with Crippen LogP contribution in [0.5, 0.6) is 0 Å². The van der Waals surface area contributed by atoms with E-state index in [2.05, 4.69) is 32.6 Å². The van der Waals surface area contributed by atoms with Crippen LogP contribution in [0.1, 0.15) is 69.3 Å². The van der Waals surface area contributed by atoms with Crippen LogP contribution in [0.25, 0.3) is 28.3 Å². The maximum atomic E-state index is 14.3. The average molecular weight is 612 g/mol. The minimum absolute atomic E-state index is 0.0450. The van der Waals surface area contributed by atoms with E-state index in [0.29, 0.717) is 42.8 Å². The second-order valence-corrected chi connectivity index (χ2v) is 12.0. The fourth-order valence-electron chi connectivity index (χ4n) is 5.82. The molecule has 1 unspecified atom stereocenters. The van der Waals surface area contributed by atoms with E-state index in [1.54, 1.807) is 18.4 Å². The number of aryl methyl sites for hydroxylation is 1. The van der Waals surface area contributed by atoms with Crippen molar-refractivity contribution in [3.63, 3.8) is 0 Å². The molecule has 0 spiro atoms. The fraction of sp³-hybridized carbons (Fsp3) is 0.364. The number of nitrogens with one attached hydrogen (secondary N) is 2. The second kappa shape index (κ2) is 12.7. The molecule has 5 aromatic rings. The summed E-state index contributed by atoms with van der Waals surface area (Å²) in [6.07, 6.45) is 7.62. The smallest absolute Gasteiger partial charge is 0.388 e. The van der Waals surface area contributed by atoms with E-state index >= 15 is 0 Å². The quantitative estimate of drug-likeness (QED) is 0.185. The van der Waals surface area contributed by atoms with Crippen molar-refractivity contribution >= 4 is 5.78 Å². The van der Waals surface area contributed by atoms with Crippen molar-refractivity contribution in [2.24, 2.45) is 0 Å². The molecule has 0 amide bonds. The van der Waals surface area contributed by atoms with Gasteiger partial charge in [0.05, 0.1) is 11.3 Å². The minimum atomic E-state index is -0.932. The Labute approximate surface area is 259 Å². The van der Waals surface area contributed by atoms with Crippen LogP contribution in [0.2, 0.25) is 0 Å². The number of rotatable bonds is 11. The first-order valence-corrected chi connectivity index (χ1v) is 15.2. The molecule has 0 bridgehead atoms. The van der Waals surface area contributed by atoms with E-state index < -0.39 is 11.4 Å². The van der Waals surface area contributed by atoms with Crippen LogP contribution in [0.15, 0.2) is 80.7 Å². The zero-order chi connectivity index (χ0) is 31.6. The van der Waals surface area contributed by atoms with Gasteiger partial charge in [-0.2, -0.15) is 10.1 Å². The number of aliphatic hydroxyl groups is 1. The summed E-state index contributed by atoms with van der Waals surface area (Å²) in [6, 6.07) is 15.7. The van der Waals surface area contributed by atoms with Gasteiger partial charge in [0, 0.05) is 29.3 Å². The molecule has 234 valence electrons. The Bertz CT molecular complexity index is 1940. The molecule has 1 aliphatic rings. The molecule has 1 aliphatic carbocycles. The Morgan fingerprint density at radius 3 is 2.58 bits per heavy atom. The van der Waals surface area contributed by atoms with Gasteiger partial charge in [0.15, 0.2) is 5.82 Å². The summed E-state index contributed by atoms with van der Waals surface area (Å²) in [5, 5.41) is 18.3. The molecule has 45 heavy (non-hydrogen) atoms. The van der Waals surface area contributed by atoms with Crippen LogP contribution >= 0.6 is 0 Å². The predicted octanol–water partition coefficient (Wildman–Crippen LogP) is 4.35. The Morgan fingerprint density at radius 1 is 1.13 bits per heavy atom. The molecule has 1 atom stereocenters. The van der Waals surface area contributed by atoms with Gasteiger partial charge < -0.3 is 5.11 Å². The van der Waals surface area contributed by atoms with E-state index in [1.165, 1.54) is 6.33 Å². The zero-order valence-electron chi connectivity index (χ0n) is 25.6. The van der Waals surface area contributed by atoms with Crippen molar-refractivity contribution in [2.75, 3.05) is 6.61 Å². The summed E-state index contributed by atoms with van der Waals surface area (Å²) >= 11 is 0. The number of allylic oxidation sites excluding steroid dienone is 2. The molecule has 3 aromatic heterocycles. The highest BCUT2D eigenvalue weighted by atomic mass is 16.7. The lowest BCUT2D eigenvalue weighted by Gasteiger charge is -2.26. The second-order valence-electron chi connectivity index (χ2n) is 12.0. The highest BCUT2D eigenvalue weighted by Crippen LogP contribution is 2.31. The Kier molecular flexibility index (Phi) is 8.50. The van der Waals surface area contributed by atoms with Gasteiger partial charge in [0.25, 0.3) is 5.56 Å². The molecule has 6 rings (SSSR count). The van der Waals surface area contributed by atoms with Gasteiger partial charge in [-0.1, -0.05) is 73.1 Å². The van der Waals surface area contributed by atoms with Crippen LogP contribution < -0.4 is 16.8 Å². The summed E-state index contributed by atoms with van der Waals surface area (Å²) in [4.78, 5) is 38.5. The number of aromatic amines is 1. The number of aromatic nitrogens is 6. The minimum Gasteiger partial charge on any atom is -0.388 e. The lowest BCUT2D eigenvalue weighted by Crippen LogP contribution is -2.34. The van der Waals surface area contributed by atoms with E-state index in [-0.39, 0.29) is 18.2 Å². The Balaban J connectivity index is 1.30. The molecule has 2 aromatic carbocycles. The standard InChI is InChI=1S/C33H37N7O5/c1-4-7-28-27(18-21-10-12-22(13-11-21)25-8-5-6-9-26(25)29-36-32(42)45-38-29)30(41)39(31-34-20-35-40(28)31)24-16-14-23(15-17-24)37-44-19-33(2,3)43/h5-6,8-14,20,24,37,43H,4,7,15-19H2,1-3H3,(H,36,38,42). The lowest BCUT2D eigenvalue weighted by atomic mass is 9.95. The third kappa shape index (κ3) is 6.52. The summed E-state index contributed by atoms with van der Waals surface area (Å²) in [6.45, 7) is 5.63. The van der Waals surface area contributed by atoms with Crippen molar-refractivity contribution in [1.29, 1.82) is 0 Å². The highest BCUT2D eigenvalue weighted by Gasteiger charge is 2.25. The molecule has 0 saturated heterocycles. The molecule has 3 heterocycles. The number of nitrogens with zero attached hydrogens (tertiary/aromatic N) is 5. The van der Waals surface area contributed by atoms with Crippen molar-refractivity contribution in [3.05, 3.63) is 104 Å². The number of H-pyrrole nitrogens is 1. The van der Waals surface area contributed by atoms with Crippen molar-refractivity contribution in [1.82, 2.24) is 34.8 Å². The normalized spacial score (nSPS) is 15.4. The van der Waals surface area contributed by atoms with Gasteiger partial charge in [-0.3, -0.25) is 29.2 Å². The van der Waals surface area contributed by atoms with Crippen LogP contribution in [-0.2, 0) is 17.7 Å². The molecule has 0 radical (unpaired) electrons. The average Bonchev–Trinajstić information content (AvgIpc) is 3.69. The number of hydrogen-bond donors (Lipinski definition) is 3. The molecule has 12 heteroatoms. The van der Waals surface area contributed by atoms with Crippen LogP contribution in [0.4, 0.5) is 0 Å². The zero-order valence-corrected chi connectivity index (χ0v) is 25.6. The van der Waals surface area contributed by atoms with Crippen molar-refractivity contribution < 1.29 is 14.5 Å². The first-order chi connectivity index (χ1) is 21.7. The highest BCUT2D eigenvalue weighted by molar-refractivity contribution is 5.80. The van der Waals surface area contributed by atoms with Gasteiger partial charge in [0.2, 0.25) is 5.78 Å². The lowest BCUT2D eigenvalue weighted by molar-refractivity contribution is -0.0528. The van der Waals surface area contributed by atoms with Crippen LogP contribution in [0.3, 0.4) is 0 Å². The predicted molar refractivity (Wildman–Crippen MR) is 168 cm³/mol. The Hall–Kier alpha value is -4.81. The molecule has 0 fully saturated rings. The molecule has 0 saturated carbocycles. The van der Waals surface area contributed by atoms with E-state index in [1.807, 2.05) is 59.1 Å². The van der Waals surface area contributed by atoms with Gasteiger partial charge >= 0.3 is 5.76 Å². The number of hydrogen-bond acceptors (Lipinski definition) is 9. The fourth-order valence-corrected chi connectivity index (χ4v) is 5.82. The summed E-state index contributed by atoms with van der Waals surface area (Å²) in [5.41, 5.74) is 8.09. The third-order valence-corrected chi connectivity index (χ3v) is 7.96. The first-order valence-electron chi connectivity index (χ1n) is 15.2. The van der Waals surface area contributed by atoms with E-state index in [9.17, 15) is 14.7 Å². The summed E-state index contributed by atoms with van der Waals surface area (Å²) in [5.74, 6) is 0.316. The summed E-state index contributed by atoms with van der Waals surface area (Å²) in [7, 11) is 0. The van der Waals surface area contributed by atoms with Gasteiger partial charge in [-0.05, 0) is 56.2 Å². The van der Waals surface area contributed by atoms with E-state index in [4.69, 9.17) is 9.36 Å². The number of benzene rings is 2. The van der Waals surface area contributed by atoms with Crippen LogP contribution in [-0.4, -0.2) is 46.6 Å². The molecular formula is C33H37N7O5. The Morgan fingerprint density at radius 2 is 1.91 bits per heavy atom. The molecule has 12 nitrogen and oxygen atoms in total. The first kappa shape index (κ1) is 30.2. The monoisotopic (exact) mass is 611 g/mol. The third-order valence-electron chi connectivity index (χ3n) is 7.96. The van der Waals surface area contributed by atoms with Crippen molar-refractivity contribution in [3.8, 4) is 22.5 Å². The van der Waals surface area contributed by atoms with E-state index in [0.717, 1.165) is 46.5 Å². The molecule has 0 aliphatic heterocycles. The molecule has 3 N–H and O–H groups in total. The van der Waals surface area contributed by atoms with Gasteiger partial charge in [-0.25, -0.2) is 9.31 Å². The summed E-state index contributed by atoms with van der Waals surface area (Å²) < 4.78 is 8.35. The maximum absolute atomic E-state index is 14.3. The molecular weight excluding hydrogens is 574 g/mol. The van der Waals surface area contributed by atoms with Gasteiger partial charge in [-0.15, -0.1) is 0 Å². The topological polar surface area (TPSA) is 153 Å². The SMILES string of the molecule is CCCc1c(Cc2ccc(-c3ccccc3-c3noc(=O)[nH]3)cc2)c(=O)n(C2CC=C(NOCC(C)(C)O)CC2)c2ncnn12. The maximum Gasteiger partial charge on any atom is 0.439 e. The number of fused-ring (bicyclic) bond motifs is 1. The number of hydroxylamine groups is 1. The largest absolute Gasteiger partial charge is 0.439 e.